The number of rotatable bonds is 5. The monoisotopic (exact) mass is 430 g/mol. The fraction of sp³-hybridized carbons (Fsp3) is 0.211. The second-order valence-electron chi connectivity index (χ2n) is 6.27. The number of carbonyl (C=O) groups is 2. The maximum atomic E-state index is 12.3. The number of carbonyl (C=O) groups excluding carboxylic acids is 2. The highest BCUT2D eigenvalue weighted by molar-refractivity contribution is 8.01. The molecule has 2 atom stereocenters. The zero-order chi connectivity index (χ0) is 20.4. The highest BCUT2D eigenvalue weighted by atomic mass is 35.5. The van der Waals surface area contributed by atoms with Crippen LogP contribution in [0.5, 0.6) is 0 Å². The van der Waals surface area contributed by atoms with Gasteiger partial charge in [-0.05, 0) is 37.3 Å². The summed E-state index contributed by atoms with van der Waals surface area (Å²) in [6.07, 6.45) is 2.41. The lowest BCUT2D eigenvalue weighted by atomic mass is 10.2. The first kappa shape index (κ1) is 19.4. The molecule has 8 nitrogen and oxygen atoms in total. The van der Waals surface area contributed by atoms with E-state index in [9.17, 15) is 9.59 Å². The van der Waals surface area contributed by atoms with E-state index in [-0.39, 0.29) is 18.2 Å². The molecule has 1 aliphatic heterocycles. The van der Waals surface area contributed by atoms with Gasteiger partial charge in [-0.15, -0.1) is 11.8 Å². The van der Waals surface area contributed by atoms with Gasteiger partial charge >= 0.3 is 5.97 Å². The van der Waals surface area contributed by atoms with Crippen molar-refractivity contribution in [3.05, 3.63) is 53.6 Å². The Morgan fingerprint density at radius 2 is 2.28 bits per heavy atom. The van der Waals surface area contributed by atoms with Crippen LogP contribution in [0.1, 0.15) is 25.3 Å². The average molecular weight is 431 g/mol. The van der Waals surface area contributed by atoms with Gasteiger partial charge in [-0.1, -0.05) is 16.8 Å². The van der Waals surface area contributed by atoms with Crippen molar-refractivity contribution in [2.24, 2.45) is 0 Å². The predicted octanol–water partition coefficient (Wildman–Crippen LogP) is 3.89. The Balaban J connectivity index is 1.38. The number of benzene rings is 1. The van der Waals surface area contributed by atoms with Crippen molar-refractivity contribution in [3.8, 4) is 11.4 Å². The first-order chi connectivity index (χ1) is 14.0. The van der Waals surface area contributed by atoms with Gasteiger partial charge in [-0.3, -0.25) is 14.6 Å². The summed E-state index contributed by atoms with van der Waals surface area (Å²) >= 11 is 7.24. The Bertz CT molecular complexity index is 1060. The molecule has 0 aliphatic carbocycles. The molecule has 0 unspecified atom stereocenters. The van der Waals surface area contributed by atoms with Gasteiger partial charge in [-0.25, -0.2) is 0 Å². The van der Waals surface area contributed by atoms with Crippen molar-refractivity contribution in [2.45, 2.75) is 29.6 Å². The normalized spacial score (nSPS) is 16.6. The first-order valence-corrected chi connectivity index (χ1v) is 9.96. The summed E-state index contributed by atoms with van der Waals surface area (Å²) in [6.45, 7) is 1.63. The summed E-state index contributed by atoms with van der Waals surface area (Å²) in [7, 11) is 0. The fourth-order valence-electron chi connectivity index (χ4n) is 2.72. The van der Waals surface area contributed by atoms with Crippen LogP contribution in [0.15, 0.2) is 52.1 Å². The standard InChI is InChI=1S/C19H15ClN4O4S/c1-10(19-23-17(24-28-19)11-3-2-6-21-9-11)27-16(25)8-15-18(26)22-13-7-12(20)4-5-14(13)29-15/h2-7,9-10,15H,8H2,1H3,(H,22,26)/t10-,15-/m0/s1. The van der Waals surface area contributed by atoms with Gasteiger partial charge in [0.25, 0.3) is 5.89 Å². The summed E-state index contributed by atoms with van der Waals surface area (Å²) in [5.41, 5.74) is 1.33. The molecule has 2 aromatic heterocycles. The third kappa shape index (κ3) is 4.41. The van der Waals surface area contributed by atoms with Crippen molar-refractivity contribution in [2.75, 3.05) is 5.32 Å². The van der Waals surface area contributed by atoms with E-state index in [1.165, 1.54) is 11.8 Å². The number of pyridine rings is 1. The second kappa shape index (κ2) is 8.22. The molecular formula is C19H15ClN4O4S. The maximum Gasteiger partial charge on any atom is 0.308 e. The van der Waals surface area contributed by atoms with Gasteiger partial charge in [0.2, 0.25) is 11.7 Å². The maximum absolute atomic E-state index is 12.3. The molecule has 0 saturated carbocycles. The van der Waals surface area contributed by atoms with E-state index in [2.05, 4.69) is 20.4 Å². The molecule has 0 bridgehead atoms. The SMILES string of the molecule is C[C@H](OC(=O)C[C@@H]1Sc2ccc(Cl)cc2NC1=O)c1nc(-c2cccnc2)no1. The van der Waals surface area contributed by atoms with Crippen molar-refractivity contribution in [1.82, 2.24) is 15.1 Å². The van der Waals surface area contributed by atoms with Gasteiger partial charge in [0.05, 0.1) is 17.4 Å². The van der Waals surface area contributed by atoms with Gasteiger partial charge in [0.15, 0.2) is 6.10 Å². The number of thioether (sulfide) groups is 1. The topological polar surface area (TPSA) is 107 Å². The Morgan fingerprint density at radius 3 is 3.07 bits per heavy atom. The number of halogens is 1. The van der Waals surface area contributed by atoms with E-state index in [4.69, 9.17) is 20.9 Å². The van der Waals surface area contributed by atoms with Crippen molar-refractivity contribution in [3.63, 3.8) is 0 Å². The Kier molecular flexibility index (Phi) is 5.50. The van der Waals surface area contributed by atoms with Crippen LogP contribution >= 0.6 is 23.4 Å². The molecule has 1 aliphatic rings. The molecule has 29 heavy (non-hydrogen) atoms. The highest BCUT2D eigenvalue weighted by Crippen LogP contribution is 2.38. The molecule has 3 aromatic rings. The van der Waals surface area contributed by atoms with Crippen LogP contribution in [-0.2, 0) is 14.3 Å². The zero-order valence-corrected chi connectivity index (χ0v) is 16.7. The number of fused-ring (bicyclic) bond motifs is 1. The van der Waals surface area contributed by atoms with E-state index >= 15 is 0 Å². The third-order valence-electron chi connectivity index (χ3n) is 4.13. The number of esters is 1. The number of hydrogen-bond acceptors (Lipinski definition) is 8. The molecule has 0 spiro atoms. The number of anilines is 1. The summed E-state index contributed by atoms with van der Waals surface area (Å²) in [4.78, 5) is 33.7. The Hall–Kier alpha value is -2.91. The summed E-state index contributed by atoms with van der Waals surface area (Å²) in [6, 6.07) is 8.77. The number of amides is 1. The van der Waals surface area contributed by atoms with Crippen LogP contribution in [-0.4, -0.2) is 32.3 Å². The fourth-order valence-corrected chi connectivity index (χ4v) is 3.96. The summed E-state index contributed by atoms with van der Waals surface area (Å²) in [5, 5.41) is 6.57. The summed E-state index contributed by atoms with van der Waals surface area (Å²) in [5.74, 6) is -0.291. The van der Waals surface area contributed by atoms with Crippen LogP contribution in [0.4, 0.5) is 5.69 Å². The van der Waals surface area contributed by atoms with Crippen LogP contribution in [0.2, 0.25) is 5.02 Å². The van der Waals surface area contributed by atoms with Crippen molar-refractivity contribution < 1.29 is 18.8 Å². The van der Waals surface area contributed by atoms with Crippen LogP contribution in [0.3, 0.4) is 0 Å². The van der Waals surface area contributed by atoms with Gasteiger partial charge in [0, 0.05) is 27.9 Å². The molecule has 1 amide bonds. The number of nitrogens with zero attached hydrogens (tertiary/aromatic N) is 3. The molecule has 3 heterocycles. The zero-order valence-electron chi connectivity index (χ0n) is 15.2. The number of nitrogens with one attached hydrogen (secondary N) is 1. The van der Waals surface area contributed by atoms with E-state index < -0.39 is 17.3 Å². The van der Waals surface area contributed by atoms with Gasteiger partial charge < -0.3 is 14.6 Å². The highest BCUT2D eigenvalue weighted by Gasteiger charge is 2.31. The minimum absolute atomic E-state index is 0.0908. The van der Waals surface area contributed by atoms with Crippen molar-refractivity contribution in [1.29, 1.82) is 0 Å². The molecule has 1 aromatic carbocycles. The van der Waals surface area contributed by atoms with E-state index in [0.29, 0.717) is 22.1 Å². The second-order valence-corrected chi connectivity index (χ2v) is 7.95. The van der Waals surface area contributed by atoms with Gasteiger partial charge in [-0.2, -0.15) is 4.98 Å². The number of hydrogen-bond donors (Lipinski definition) is 1. The minimum atomic E-state index is -0.747. The molecule has 148 valence electrons. The molecule has 0 fully saturated rings. The molecule has 4 rings (SSSR count). The lowest BCUT2D eigenvalue weighted by molar-refractivity contribution is -0.150. The number of aromatic nitrogens is 3. The van der Waals surface area contributed by atoms with E-state index in [1.807, 2.05) is 0 Å². The van der Waals surface area contributed by atoms with E-state index in [1.54, 1.807) is 49.6 Å². The predicted molar refractivity (Wildman–Crippen MR) is 106 cm³/mol. The third-order valence-corrected chi connectivity index (χ3v) is 5.64. The lowest BCUT2D eigenvalue weighted by Gasteiger charge is -2.23. The Morgan fingerprint density at radius 1 is 1.41 bits per heavy atom. The smallest absolute Gasteiger partial charge is 0.308 e. The molecule has 0 radical (unpaired) electrons. The van der Waals surface area contributed by atoms with Crippen LogP contribution in [0.25, 0.3) is 11.4 Å². The average Bonchev–Trinajstić information content (AvgIpc) is 3.20. The van der Waals surface area contributed by atoms with E-state index in [0.717, 1.165) is 4.90 Å². The van der Waals surface area contributed by atoms with Crippen molar-refractivity contribution >= 4 is 40.9 Å². The summed E-state index contributed by atoms with van der Waals surface area (Å²) < 4.78 is 10.6. The Labute approximate surface area is 175 Å². The molecule has 1 N–H and O–H groups in total. The number of ether oxygens (including phenoxy) is 1. The largest absolute Gasteiger partial charge is 0.452 e. The van der Waals surface area contributed by atoms with Crippen LogP contribution < -0.4 is 5.32 Å². The lowest BCUT2D eigenvalue weighted by Crippen LogP contribution is -2.31. The van der Waals surface area contributed by atoms with Crippen LogP contribution in [0, 0.1) is 0 Å². The molecular weight excluding hydrogens is 416 g/mol. The minimum Gasteiger partial charge on any atom is -0.452 e. The van der Waals surface area contributed by atoms with Gasteiger partial charge in [0.1, 0.15) is 0 Å². The molecule has 0 saturated heterocycles. The first-order valence-electron chi connectivity index (χ1n) is 8.70. The quantitative estimate of drug-likeness (QED) is 0.607. The molecule has 10 heteroatoms.